The summed E-state index contributed by atoms with van der Waals surface area (Å²) in [6, 6.07) is 14.7. The quantitative estimate of drug-likeness (QED) is 0.421. The Kier molecular flexibility index (Phi) is 4.71. The molecule has 98 valence electrons. The van der Waals surface area contributed by atoms with Crippen molar-refractivity contribution in [1.29, 1.82) is 0 Å². The predicted molar refractivity (Wildman–Crippen MR) is 82.6 cm³/mol. The van der Waals surface area contributed by atoms with Crippen LogP contribution < -0.4 is 0 Å². The zero-order valence-electron chi connectivity index (χ0n) is 9.92. The van der Waals surface area contributed by atoms with E-state index in [-0.39, 0.29) is 15.4 Å². The molecule has 0 saturated carbocycles. The predicted octanol–water partition coefficient (Wildman–Crippen LogP) is 5.04. The molecule has 0 radical (unpaired) electrons. The average molecular weight is 385 g/mol. The van der Waals surface area contributed by atoms with Crippen LogP contribution in [0.15, 0.2) is 53.0 Å². The highest BCUT2D eigenvalue weighted by molar-refractivity contribution is 9.11. The molecule has 2 aromatic carbocycles. The maximum Gasteiger partial charge on any atom is 0.269 e. The minimum atomic E-state index is -0.386. The van der Waals surface area contributed by atoms with Crippen LogP contribution >= 0.6 is 31.9 Å². The maximum absolute atomic E-state index is 10.6. The normalized spacial score (nSPS) is 12.1. The summed E-state index contributed by atoms with van der Waals surface area (Å²) >= 11 is 7.18. The van der Waals surface area contributed by atoms with Crippen molar-refractivity contribution in [3.05, 3.63) is 74.2 Å². The molecule has 0 fully saturated rings. The Balaban J connectivity index is 2.13. The molecule has 0 heterocycles. The van der Waals surface area contributed by atoms with Crippen LogP contribution in [0.25, 0.3) is 0 Å². The summed E-state index contributed by atoms with van der Waals surface area (Å²) in [5.74, 6) is 0. The van der Waals surface area contributed by atoms with E-state index in [9.17, 15) is 10.1 Å². The third kappa shape index (κ3) is 3.64. The van der Waals surface area contributed by atoms with E-state index in [2.05, 4.69) is 37.9 Å². The molecule has 2 rings (SSSR count). The molecule has 2 aromatic rings. The van der Waals surface area contributed by atoms with E-state index in [4.69, 9.17) is 0 Å². The Hall–Kier alpha value is -1.20. The van der Waals surface area contributed by atoms with E-state index in [0.717, 1.165) is 16.5 Å². The van der Waals surface area contributed by atoms with Gasteiger partial charge in [-0.25, -0.2) is 0 Å². The van der Waals surface area contributed by atoms with Crippen molar-refractivity contribution in [2.75, 3.05) is 0 Å². The average Bonchev–Trinajstić information content (AvgIpc) is 2.39. The Morgan fingerprint density at radius 3 is 2.32 bits per heavy atom. The molecule has 5 heteroatoms. The first kappa shape index (κ1) is 14.2. The van der Waals surface area contributed by atoms with Crippen LogP contribution in [0.4, 0.5) is 5.69 Å². The third-order valence-electron chi connectivity index (χ3n) is 2.80. The summed E-state index contributed by atoms with van der Waals surface area (Å²) in [5.41, 5.74) is 2.35. The fraction of sp³-hybridized carbons (Fsp3) is 0.143. The van der Waals surface area contributed by atoms with Crippen molar-refractivity contribution in [3.63, 3.8) is 0 Å². The SMILES string of the molecule is O=[N+]([O-])c1ccc(CC(Br)c2ccccc2Br)cc1. The standard InChI is InChI=1S/C14H11Br2NO2/c15-13-4-2-1-3-12(13)14(16)9-10-5-7-11(8-6-10)17(18)19/h1-8,14H,9H2. The highest BCUT2D eigenvalue weighted by Gasteiger charge is 2.12. The second-order valence-electron chi connectivity index (χ2n) is 4.12. The molecular formula is C14H11Br2NO2. The number of rotatable bonds is 4. The Bertz CT molecular complexity index is 584. The second kappa shape index (κ2) is 6.30. The molecule has 0 aromatic heterocycles. The molecule has 0 aliphatic heterocycles. The highest BCUT2D eigenvalue weighted by atomic mass is 79.9. The van der Waals surface area contributed by atoms with Gasteiger partial charge in [0.1, 0.15) is 0 Å². The molecule has 19 heavy (non-hydrogen) atoms. The zero-order valence-corrected chi connectivity index (χ0v) is 13.1. The van der Waals surface area contributed by atoms with Crippen LogP contribution in [0.1, 0.15) is 16.0 Å². The number of nitrogens with zero attached hydrogens (tertiary/aromatic N) is 1. The van der Waals surface area contributed by atoms with E-state index in [1.807, 2.05) is 18.2 Å². The van der Waals surface area contributed by atoms with Crippen molar-refractivity contribution < 1.29 is 4.92 Å². The van der Waals surface area contributed by atoms with E-state index in [1.54, 1.807) is 12.1 Å². The van der Waals surface area contributed by atoms with Crippen molar-refractivity contribution in [1.82, 2.24) is 0 Å². The fourth-order valence-corrected chi connectivity index (χ4v) is 3.44. The smallest absolute Gasteiger partial charge is 0.258 e. The van der Waals surface area contributed by atoms with Crippen molar-refractivity contribution in [2.24, 2.45) is 0 Å². The summed E-state index contributed by atoms with van der Waals surface area (Å²) in [6.07, 6.45) is 0.778. The first-order valence-corrected chi connectivity index (χ1v) is 7.40. The Morgan fingerprint density at radius 1 is 1.11 bits per heavy atom. The molecule has 0 bridgehead atoms. The van der Waals surface area contributed by atoms with E-state index >= 15 is 0 Å². The van der Waals surface area contributed by atoms with Gasteiger partial charge in [-0.05, 0) is 23.6 Å². The number of nitro groups is 1. The van der Waals surface area contributed by atoms with Gasteiger partial charge in [0.25, 0.3) is 5.69 Å². The lowest BCUT2D eigenvalue weighted by Gasteiger charge is -2.12. The van der Waals surface area contributed by atoms with Crippen molar-refractivity contribution >= 4 is 37.5 Å². The second-order valence-corrected chi connectivity index (χ2v) is 6.08. The van der Waals surface area contributed by atoms with Gasteiger partial charge in [-0.3, -0.25) is 10.1 Å². The van der Waals surface area contributed by atoms with Gasteiger partial charge in [0.2, 0.25) is 0 Å². The fourth-order valence-electron chi connectivity index (χ4n) is 1.80. The van der Waals surface area contributed by atoms with E-state index < -0.39 is 0 Å². The lowest BCUT2D eigenvalue weighted by atomic mass is 10.0. The Labute approximate surface area is 128 Å². The number of alkyl halides is 1. The van der Waals surface area contributed by atoms with Gasteiger partial charge in [0, 0.05) is 21.4 Å². The van der Waals surface area contributed by atoms with Gasteiger partial charge in [0.15, 0.2) is 0 Å². The lowest BCUT2D eigenvalue weighted by molar-refractivity contribution is -0.384. The van der Waals surface area contributed by atoms with Crippen molar-refractivity contribution in [3.8, 4) is 0 Å². The molecule has 1 unspecified atom stereocenters. The molecular weight excluding hydrogens is 374 g/mol. The summed E-state index contributed by atoms with van der Waals surface area (Å²) < 4.78 is 1.05. The first-order chi connectivity index (χ1) is 9.08. The number of non-ortho nitro benzene ring substituents is 1. The van der Waals surface area contributed by atoms with Gasteiger partial charge in [-0.1, -0.05) is 62.2 Å². The lowest BCUT2D eigenvalue weighted by Crippen LogP contribution is -1.97. The molecule has 0 amide bonds. The van der Waals surface area contributed by atoms with Gasteiger partial charge in [-0.15, -0.1) is 0 Å². The molecule has 0 aliphatic carbocycles. The largest absolute Gasteiger partial charge is 0.269 e. The van der Waals surface area contributed by atoms with Gasteiger partial charge < -0.3 is 0 Å². The molecule has 0 spiro atoms. The topological polar surface area (TPSA) is 43.1 Å². The van der Waals surface area contributed by atoms with Gasteiger partial charge in [-0.2, -0.15) is 0 Å². The summed E-state index contributed by atoms with van der Waals surface area (Å²) in [7, 11) is 0. The molecule has 3 nitrogen and oxygen atoms in total. The monoisotopic (exact) mass is 383 g/mol. The number of halogens is 2. The third-order valence-corrected chi connectivity index (χ3v) is 4.34. The van der Waals surface area contributed by atoms with Crippen molar-refractivity contribution in [2.45, 2.75) is 11.2 Å². The number of hydrogen-bond acceptors (Lipinski definition) is 2. The van der Waals surface area contributed by atoms with Crippen LogP contribution in [0.3, 0.4) is 0 Å². The maximum atomic E-state index is 10.6. The minimum absolute atomic E-state index is 0.121. The number of nitro benzene ring substituents is 1. The minimum Gasteiger partial charge on any atom is -0.258 e. The number of benzene rings is 2. The van der Waals surface area contributed by atoms with Gasteiger partial charge in [0.05, 0.1) is 4.92 Å². The van der Waals surface area contributed by atoms with Crippen LogP contribution in [0, 0.1) is 10.1 Å². The molecule has 1 atom stereocenters. The summed E-state index contributed by atoms with van der Waals surface area (Å²) in [4.78, 5) is 10.4. The van der Waals surface area contributed by atoms with E-state index in [1.165, 1.54) is 17.7 Å². The molecule has 0 N–H and O–H groups in total. The van der Waals surface area contributed by atoms with E-state index in [0.29, 0.717) is 0 Å². The molecule has 0 saturated heterocycles. The van der Waals surface area contributed by atoms with Crippen LogP contribution in [0.2, 0.25) is 0 Å². The summed E-state index contributed by atoms with van der Waals surface area (Å²) in [5, 5.41) is 10.6. The number of hydrogen-bond donors (Lipinski definition) is 0. The first-order valence-electron chi connectivity index (χ1n) is 5.70. The zero-order chi connectivity index (χ0) is 13.8. The molecule has 0 aliphatic rings. The Morgan fingerprint density at radius 2 is 1.74 bits per heavy atom. The van der Waals surface area contributed by atoms with Crippen LogP contribution in [-0.4, -0.2) is 4.92 Å². The highest BCUT2D eigenvalue weighted by Crippen LogP contribution is 2.32. The van der Waals surface area contributed by atoms with Crippen LogP contribution in [-0.2, 0) is 6.42 Å². The van der Waals surface area contributed by atoms with Crippen LogP contribution in [0.5, 0.6) is 0 Å². The summed E-state index contributed by atoms with van der Waals surface area (Å²) in [6.45, 7) is 0. The van der Waals surface area contributed by atoms with Gasteiger partial charge >= 0.3 is 0 Å².